The maximum atomic E-state index is 12.1. The lowest BCUT2D eigenvalue weighted by molar-refractivity contribution is 0.0930. The van der Waals surface area contributed by atoms with Crippen molar-refractivity contribution in [1.29, 1.82) is 0 Å². The molecule has 0 unspecified atom stereocenters. The Labute approximate surface area is 119 Å². The Kier molecular flexibility index (Phi) is 4.64. The maximum Gasteiger partial charge on any atom is 0.261 e. The van der Waals surface area contributed by atoms with E-state index in [1.807, 2.05) is 0 Å². The van der Waals surface area contributed by atoms with Gasteiger partial charge in [0.15, 0.2) is 0 Å². The Hall–Kier alpha value is -0.590. The predicted octanol–water partition coefficient (Wildman–Crippen LogP) is 2.52. The van der Waals surface area contributed by atoms with Crippen LogP contribution in [-0.4, -0.2) is 25.1 Å². The number of carbonyl (C=O) groups excluding carboxylic acids is 1. The van der Waals surface area contributed by atoms with E-state index in [1.54, 1.807) is 13.2 Å². The van der Waals surface area contributed by atoms with Crippen molar-refractivity contribution >= 4 is 33.2 Å². The van der Waals surface area contributed by atoms with Gasteiger partial charge >= 0.3 is 0 Å². The number of amides is 1. The van der Waals surface area contributed by atoms with Gasteiger partial charge in [0.05, 0.1) is 12.0 Å². The molecular formula is C12H17BrN2O2S. The van der Waals surface area contributed by atoms with Crippen LogP contribution >= 0.6 is 27.3 Å². The fourth-order valence-corrected chi connectivity index (χ4v) is 3.68. The number of rotatable bonds is 3. The minimum absolute atomic E-state index is 0.0236. The van der Waals surface area contributed by atoms with Crippen LogP contribution in [0, 0.1) is 0 Å². The highest BCUT2D eigenvalue weighted by molar-refractivity contribution is 9.11. The quantitative estimate of drug-likeness (QED) is 0.893. The summed E-state index contributed by atoms with van der Waals surface area (Å²) in [7, 11) is 1.59. The van der Waals surface area contributed by atoms with Crippen molar-refractivity contribution in [3.05, 3.63) is 14.7 Å². The first-order valence-corrected chi connectivity index (χ1v) is 7.61. The van der Waals surface area contributed by atoms with Gasteiger partial charge in [-0.05, 0) is 41.6 Å². The molecule has 0 bridgehead atoms. The number of nitrogens with two attached hydrogens (primary N) is 1. The molecule has 1 aromatic rings. The minimum Gasteiger partial charge on any atom is -0.495 e. The fraction of sp³-hybridized carbons (Fsp3) is 0.583. The standard InChI is InChI=1S/C12H17BrN2O2S/c1-17-9-6-10(18-11(9)13)12(16)15-8-4-2-7(14)3-5-8/h6-8H,2-5,14H2,1H3,(H,15,16). The zero-order chi connectivity index (χ0) is 13.1. The second-order valence-electron chi connectivity index (χ2n) is 4.54. The summed E-state index contributed by atoms with van der Waals surface area (Å²) in [5.41, 5.74) is 5.85. The number of ether oxygens (including phenoxy) is 1. The Morgan fingerprint density at radius 3 is 2.72 bits per heavy atom. The monoisotopic (exact) mass is 332 g/mol. The third-order valence-corrected chi connectivity index (χ3v) is 4.99. The molecule has 0 atom stereocenters. The Balaban J connectivity index is 1.94. The highest BCUT2D eigenvalue weighted by Gasteiger charge is 2.22. The molecule has 3 N–H and O–H groups in total. The molecule has 4 nitrogen and oxygen atoms in total. The van der Waals surface area contributed by atoms with E-state index in [2.05, 4.69) is 21.2 Å². The first kappa shape index (κ1) is 13.8. The van der Waals surface area contributed by atoms with E-state index in [0.29, 0.717) is 16.7 Å². The molecule has 0 saturated heterocycles. The van der Waals surface area contributed by atoms with Crippen LogP contribution in [0.25, 0.3) is 0 Å². The van der Waals surface area contributed by atoms with Gasteiger partial charge < -0.3 is 15.8 Å². The third kappa shape index (κ3) is 3.24. The van der Waals surface area contributed by atoms with E-state index in [4.69, 9.17) is 10.5 Å². The summed E-state index contributed by atoms with van der Waals surface area (Å²) in [5.74, 6) is 0.681. The molecular weight excluding hydrogens is 316 g/mol. The first-order valence-electron chi connectivity index (χ1n) is 6.00. The molecule has 1 aliphatic rings. The first-order chi connectivity index (χ1) is 8.60. The lowest BCUT2D eigenvalue weighted by atomic mass is 9.92. The molecule has 6 heteroatoms. The molecule has 0 spiro atoms. The van der Waals surface area contributed by atoms with E-state index >= 15 is 0 Å². The molecule has 0 aromatic carbocycles. The molecule has 0 radical (unpaired) electrons. The van der Waals surface area contributed by atoms with E-state index in [9.17, 15) is 4.79 Å². The maximum absolute atomic E-state index is 12.1. The van der Waals surface area contributed by atoms with Gasteiger partial charge in [0, 0.05) is 18.2 Å². The van der Waals surface area contributed by atoms with E-state index < -0.39 is 0 Å². The van der Waals surface area contributed by atoms with Gasteiger partial charge in [-0.25, -0.2) is 0 Å². The third-order valence-electron chi connectivity index (χ3n) is 3.21. The predicted molar refractivity (Wildman–Crippen MR) is 76.3 cm³/mol. The van der Waals surface area contributed by atoms with Crippen LogP contribution in [0.2, 0.25) is 0 Å². The van der Waals surface area contributed by atoms with Crippen LogP contribution in [-0.2, 0) is 0 Å². The largest absolute Gasteiger partial charge is 0.495 e. The smallest absolute Gasteiger partial charge is 0.261 e. The summed E-state index contributed by atoms with van der Waals surface area (Å²) >= 11 is 4.77. The van der Waals surface area contributed by atoms with Gasteiger partial charge in [0.1, 0.15) is 9.54 Å². The van der Waals surface area contributed by atoms with E-state index in [-0.39, 0.29) is 11.9 Å². The van der Waals surface area contributed by atoms with Gasteiger partial charge in [-0.15, -0.1) is 11.3 Å². The average molecular weight is 333 g/mol. The lowest BCUT2D eigenvalue weighted by Gasteiger charge is -2.26. The van der Waals surface area contributed by atoms with Crippen LogP contribution in [0.15, 0.2) is 9.85 Å². The lowest BCUT2D eigenvalue weighted by Crippen LogP contribution is -2.40. The number of halogens is 1. The minimum atomic E-state index is -0.0236. The normalized spacial score (nSPS) is 23.7. The number of methoxy groups -OCH3 is 1. The van der Waals surface area contributed by atoms with Crippen molar-refractivity contribution in [2.24, 2.45) is 5.73 Å². The van der Waals surface area contributed by atoms with E-state index in [0.717, 1.165) is 29.5 Å². The number of nitrogens with one attached hydrogen (secondary N) is 1. The second kappa shape index (κ2) is 6.04. The summed E-state index contributed by atoms with van der Waals surface area (Å²) in [4.78, 5) is 12.7. The molecule has 2 rings (SSSR count). The van der Waals surface area contributed by atoms with Crippen molar-refractivity contribution in [2.75, 3.05) is 7.11 Å². The zero-order valence-electron chi connectivity index (χ0n) is 10.2. The van der Waals surface area contributed by atoms with Gasteiger partial charge in [-0.2, -0.15) is 0 Å². The molecule has 0 aliphatic heterocycles. The van der Waals surface area contributed by atoms with Gasteiger partial charge in [-0.1, -0.05) is 0 Å². The average Bonchev–Trinajstić information content (AvgIpc) is 2.73. The van der Waals surface area contributed by atoms with Gasteiger partial charge in [0.2, 0.25) is 0 Å². The van der Waals surface area contributed by atoms with Crippen LogP contribution in [0.4, 0.5) is 0 Å². The van der Waals surface area contributed by atoms with Crippen molar-refractivity contribution in [3.63, 3.8) is 0 Å². The van der Waals surface area contributed by atoms with Crippen molar-refractivity contribution < 1.29 is 9.53 Å². The Bertz CT molecular complexity index is 428. The Morgan fingerprint density at radius 2 is 2.17 bits per heavy atom. The molecule has 1 aliphatic carbocycles. The van der Waals surface area contributed by atoms with Gasteiger partial charge in [-0.3, -0.25) is 4.79 Å². The van der Waals surface area contributed by atoms with Crippen molar-refractivity contribution in [3.8, 4) is 5.75 Å². The number of hydrogen-bond donors (Lipinski definition) is 2. The van der Waals surface area contributed by atoms with Crippen LogP contribution in [0.5, 0.6) is 5.75 Å². The summed E-state index contributed by atoms with van der Waals surface area (Å²) < 4.78 is 5.99. The fourth-order valence-electron chi connectivity index (χ4n) is 2.12. The number of carbonyl (C=O) groups is 1. The second-order valence-corrected chi connectivity index (χ2v) is 6.91. The topological polar surface area (TPSA) is 64.3 Å². The summed E-state index contributed by atoms with van der Waals surface area (Å²) in [6.45, 7) is 0. The van der Waals surface area contributed by atoms with Crippen LogP contribution in [0.3, 0.4) is 0 Å². The van der Waals surface area contributed by atoms with Crippen LogP contribution < -0.4 is 15.8 Å². The SMILES string of the molecule is COc1cc(C(=O)NC2CCC(N)CC2)sc1Br. The van der Waals surface area contributed by atoms with Gasteiger partial charge in [0.25, 0.3) is 5.91 Å². The number of thiophene rings is 1. The summed E-state index contributed by atoms with van der Waals surface area (Å²) in [5, 5.41) is 3.06. The molecule has 1 amide bonds. The molecule has 1 aromatic heterocycles. The molecule has 18 heavy (non-hydrogen) atoms. The molecule has 1 saturated carbocycles. The molecule has 1 heterocycles. The Morgan fingerprint density at radius 1 is 1.50 bits per heavy atom. The van der Waals surface area contributed by atoms with E-state index in [1.165, 1.54) is 11.3 Å². The summed E-state index contributed by atoms with van der Waals surface area (Å²) in [6.07, 6.45) is 3.91. The van der Waals surface area contributed by atoms with Crippen molar-refractivity contribution in [2.45, 2.75) is 37.8 Å². The highest BCUT2D eigenvalue weighted by Crippen LogP contribution is 2.34. The molecule has 100 valence electrons. The van der Waals surface area contributed by atoms with Crippen molar-refractivity contribution in [1.82, 2.24) is 5.32 Å². The summed E-state index contributed by atoms with van der Waals surface area (Å²) in [6, 6.07) is 2.32. The molecule has 1 fully saturated rings. The van der Waals surface area contributed by atoms with Crippen LogP contribution in [0.1, 0.15) is 35.4 Å². The number of hydrogen-bond acceptors (Lipinski definition) is 4. The highest BCUT2D eigenvalue weighted by atomic mass is 79.9. The zero-order valence-corrected chi connectivity index (χ0v) is 12.6.